The number of nitrogens with two attached hydrogens (primary N) is 1. The largest absolute Gasteiger partial charge is 0.416 e. The van der Waals surface area contributed by atoms with Crippen LogP contribution in [0, 0.1) is 12.7 Å². The lowest BCUT2D eigenvalue weighted by molar-refractivity contribution is -0.137. The van der Waals surface area contributed by atoms with Gasteiger partial charge in [0.2, 0.25) is 11.8 Å². The minimum atomic E-state index is -4.47. The third-order valence-corrected chi connectivity index (χ3v) is 4.56. The Kier molecular flexibility index (Phi) is 4.73. The van der Waals surface area contributed by atoms with Crippen LogP contribution in [0.3, 0.4) is 0 Å². The first-order valence-corrected chi connectivity index (χ1v) is 8.93. The number of hydrogen-bond acceptors (Lipinski definition) is 5. The second kappa shape index (κ2) is 7.13. The topological polar surface area (TPSA) is 81.7 Å². The molecule has 0 aliphatic heterocycles. The van der Waals surface area contributed by atoms with E-state index >= 15 is 0 Å². The number of rotatable bonds is 3. The summed E-state index contributed by atoms with van der Waals surface area (Å²) in [5.74, 6) is -1.08. The quantitative estimate of drug-likeness (QED) is 0.428. The summed E-state index contributed by atoms with van der Waals surface area (Å²) in [5, 5.41) is 3.14. The molecule has 154 valence electrons. The highest BCUT2D eigenvalue weighted by Crippen LogP contribution is 2.31. The molecule has 4 aromatic rings. The minimum Gasteiger partial charge on any atom is -0.381 e. The molecule has 0 spiro atoms. The Hall–Kier alpha value is -3.40. The molecule has 0 bridgehead atoms. The van der Waals surface area contributed by atoms with Crippen molar-refractivity contribution in [2.24, 2.45) is 0 Å². The summed E-state index contributed by atoms with van der Waals surface area (Å²) in [4.78, 5) is 12.5. The average Bonchev–Trinajstić information content (AvgIpc) is 2.99. The van der Waals surface area contributed by atoms with Crippen molar-refractivity contribution in [3.63, 3.8) is 0 Å². The van der Waals surface area contributed by atoms with E-state index in [1.807, 2.05) is 0 Å². The van der Waals surface area contributed by atoms with Gasteiger partial charge in [-0.05, 0) is 49.4 Å². The third-order valence-electron chi connectivity index (χ3n) is 4.32. The van der Waals surface area contributed by atoms with E-state index < -0.39 is 23.4 Å². The molecule has 0 amide bonds. The minimum absolute atomic E-state index is 0.0469. The van der Waals surface area contributed by atoms with Crippen molar-refractivity contribution in [2.75, 3.05) is 11.1 Å². The van der Waals surface area contributed by atoms with Crippen LogP contribution in [-0.2, 0) is 6.18 Å². The fourth-order valence-corrected chi connectivity index (χ4v) is 3.11. The molecule has 4 rings (SSSR count). The molecule has 2 aromatic heterocycles. The molecule has 0 unspecified atom stereocenters. The summed E-state index contributed by atoms with van der Waals surface area (Å²) in [6, 6.07) is 9.13. The highest BCUT2D eigenvalue weighted by Gasteiger charge is 2.30. The fraction of sp³-hybridized carbons (Fsp3) is 0.105. The van der Waals surface area contributed by atoms with Crippen LogP contribution < -0.4 is 11.1 Å². The van der Waals surface area contributed by atoms with Gasteiger partial charge in [-0.3, -0.25) is 4.57 Å². The lowest BCUT2D eigenvalue weighted by Gasteiger charge is -2.12. The number of aryl methyl sites for hydroxylation is 1. The number of nitrogens with one attached hydrogen (secondary N) is 1. The second-order valence-electron chi connectivity index (χ2n) is 6.40. The van der Waals surface area contributed by atoms with Crippen LogP contribution in [0.4, 0.5) is 34.9 Å². The predicted molar refractivity (Wildman–Crippen MR) is 106 cm³/mol. The number of nitrogens with zero attached hydrogens (tertiary/aromatic N) is 4. The van der Waals surface area contributed by atoms with Crippen molar-refractivity contribution in [1.29, 1.82) is 0 Å². The molecular weight excluding hydrogens is 424 g/mol. The highest BCUT2D eigenvalue weighted by molar-refractivity contribution is 6.31. The van der Waals surface area contributed by atoms with Crippen LogP contribution in [-0.4, -0.2) is 19.5 Å². The van der Waals surface area contributed by atoms with Crippen LogP contribution in [0.1, 0.15) is 11.4 Å². The first-order valence-electron chi connectivity index (χ1n) is 8.56. The maximum Gasteiger partial charge on any atom is 0.416 e. The van der Waals surface area contributed by atoms with E-state index in [0.717, 1.165) is 12.1 Å². The van der Waals surface area contributed by atoms with E-state index in [1.54, 1.807) is 29.7 Å². The van der Waals surface area contributed by atoms with Gasteiger partial charge in [-0.25, -0.2) is 4.98 Å². The number of fused-ring (bicyclic) bond motifs is 1. The first-order chi connectivity index (χ1) is 14.1. The molecule has 0 aliphatic rings. The molecule has 3 N–H and O–H groups in total. The van der Waals surface area contributed by atoms with Crippen molar-refractivity contribution >= 4 is 40.0 Å². The maximum atomic E-state index is 14.5. The summed E-state index contributed by atoms with van der Waals surface area (Å²) >= 11 is 6.00. The highest BCUT2D eigenvalue weighted by atomic mass is 35.5. The summed E-state index contributed by atoms with van der Waals surface area (Å²) in [6.45, 7) is 1.71. The van der Waals surface area contributed by atoms with Crippen molar-refractivity contribution < 1.29 is 17.6 Å². The van der Waals surface area contributed by atoms with Gasteiger partial charge >= 0.3 is 6.18 Å². The van der Waals surface area contributed by atoms with Crippen LogP contribution >= 0.6 is 11.6 Å². The molecule has 0 saturated carbocycles. The molecule has 11 heteroatoms. The monoisotopic (exact) mass is 436 g/mol. The number of aromatic nitrogens is 4. The number of imidazole rings is 1. The maximum absolute atomic E-state index is 14.5. The number of anilines is 3. The van der Waals surface area contributed by atoms with E-state index in [1.165, 1.54) is 12.1 Å². The van der Waals surface area contributed by atoms with Gasteiger partial charge in [-0.1, -0.05) is 11.6 Å². The van der Waals surface area contributed by atoms with Crippen molar-refractivity contribution in [2.45, 2.75) is 13.1 Å². The van der Waals surface area contributed by atoms with Gasteiger partial charge in [-0.2, -0.15) is 27.5 Å². The van der Waals surface area contributed by atoms with Crippen molar-refractivity contribution in [1.82, 2.24) is 19.5 Å². The van der Waals surface area contributed by atoms with Gasteiger partial charge < -0.3 is 11.1 Å². The van der Waals surface area contributed by atoms with E-state index in [9.17, 15) is 17.6 Å². The summed E-state index contributed by atoms with van der Waals surface area (Å²) < 4.78 is 54.3. The molecule has 30 heavy (non-hydrogen) atoms. The number of halogens is 5. The van der Waals surface area contributed by atoms with Gasteiger partial charge in [0.25, 0.3) is 0 Å². The van der Waals surface area contributed by atoms with E-state index in [-0.39, 0.29) is 17.5 Å². The van der Waals surface area contributed by atoms with E-state index in [0.29, 0.717) is 21.9 Å². The second-order valence-corrected chi connectivity index (χ2v) is 6.84. The first kappa shape index (κ1) is 19.9. The SMILES string of the molecule is Cc1nc2cc(Cl)ccc2n1-c1nc(N)c(F)c(Nc2ccc(C(F)(F)F)cc2)n1. The smallest absolute Gasteiger partial charge is 0.381 e. The molecule has 0 atom stereocenters. The Labute approximate surface area is 172 Å². The lowest BCUT2D eigenvalue weighted by Crippen LogP contribution is -2.11. The van der Waals surface area contributed by atoms with Gasteiger partial charge in [0.05, 0.1) is 16.6 Å². The number of nitrogen functional groups attached to an aromatic ring is 1. The number of alkyl halides is 3. The molecule has 0 radical (unpaired) electrons. The molecule has 6 nitrogen and oxygen atoms in total. The fourth-order valence-electron chi connectivity index (χ4n) is 2.94. The van der Waals surface area contributed by atoms with E-state index in [2.05, 4.69) is 20.3 Å². The number of benzene rings is 2. The Balaban J connectivity index is 1.76. The van der Waals surface area contributed by atoms with Gasteiger partial charge in [0, 0.05) is 10.7 Å². The van der Waals surface area contributed by atoms with Crippen molar-refractivity contribution in [3.8, 4) is 5.95 Å². The molecule has 2 aromatic carbocycles. The third kappa shape index (κ3) is 3.61. The lowest BCUT2D eigenvalue weighted by atomic mass is 10.2. The van der Waals surface area contributed by atoms with Crippen LogP contribution in [0.5, 0.6) is 0 Å². The van der Waals surface area contributed by atoms with Crippen LogP contribution in [0.25, 0.3) is 17.0 Å². The average molecular weight is 437 g/mol. The van der Waals surface area contributed by atoms with Gasteiger partial charge in [0.1, 0.15) is 5.82 Å². The summed E-state index contributed by atoms with van der Waals surface area (Å²) in [5.41, 5.74) is 6.30. The summed E-state index contributed by atoms with van der Waals surface area (Å²) in [6.07, 6.45) is -4.47. The zero-order valence-electron chi connectivity index (χ0n) is 15.3. The Morgan fingerprint density at radius 1 is 1.03 bits per heavy atom. The predicted octanol–water partition coefficient (Wildman–Crippen LogP) is 5.26. The van der Waals surface area contributed by atoms with Gasteiger partial charge in [0.15, 0.2) is 11.6 Å². The Bertz CT molecular complexity index is 1250. The van der Waals surface area contributed by atoms with Crippen LogP contribution in [0.2, 0.25) is 5.02 Å². The zero-order chi connectivity index (χ0) is 21.6. The molecule has 2 heterocycles. The molecule has 0 fully saturated rings. The molecule has 0 saturated heterocycles. The number of hydrogen-bond donors (Lipinski definition) is 2. The van der Waals surface area contributed by atoms with Crippen molar-refractivity contribution in [3.05, 3.63) is 64.7 Å². The van der Waals surface area contributed by atoms with Crippen LogP contribution in [0.15, 0.2) is 42.5 Å². The van der Waals surface area contributed by atoms with E-state index in [4.69, 9.17) is 17.3 Å². The zero-order valence-corrected chi connectivity index (χ0v) is 16.1. The summed E-state index contributed by atoms with van der Waals surface area (Å²) in [7, 11) is 0. The Morgan fingerprint density at radius 2 is 1.73 bits per heavy atom. The molecular formula is C19H13ClF4N6. The molecule has 0 aliphatic carbocycles. The Morgan fingerprint density at radius 3 is 2.40 bits per heavy atom. The van der Waals surface area contributed by atoms with Gasteiger partial charge in [-0.15, -0.1) is 0 Å². The normalized spacial score (nSPS) is 11.8. The standard InChI is InChI=1S/C19H13ClF4N6/c1-9-26-13-8-11(20)4-7-14(13)30(9)18-28-16(25)15(21)17(29-18)27-12-5-2-10(3-6-12)19(22,23)24/h2-8H,1H3,(H3,25,27,28,29).